The average Bonchev–Trinajstić information content (AvgIpc) is 2.35. The van der Waals surface area contributed by atoms with Crippen LogP contribution in [0.5, 0.6) is 0 Å². The molecule has 0 spiro atoms. The second-order valence-electron chi connectivity index (χ2n) is 4.72. The molecule has 20 heavy (non-hydrogen) atoms. The van der Waals surface area contributed by atoms with E-state index in [1.165, 1.54) is 6.08 Å². The van der Waals surface area contributed by atoms with Crippen LogP contribution in [0.3, 0.4) is 0 Å². The van der Waals surface area contributed by atoms with Gasteiger partial charge in [-0.15, -0.1) is 0 Å². The largest absolute Gasteiger partial charge is 0.348 e. The van der Waals surface area contributed by atoms with Gasteiger partial charge in [0.15, 0.2) is 0 Å². The van der Waals surface area contributed by atoms with Crippen molar-refractivity contribution in [3.63, 3.8) is 0 Å². The average molecular weight is 296 g/mol. The van der Waals surface area contributed by atoms with Crippen LogP contribution >= 0.6 is 0 Å². The number of carbonyl (C=O) groups excluding carboxylic acids is 1. The molecule has 0 aliphatic rings. The minimum atomic E-state index is -3.38. The molecule has 0 unspecified atom stereocenters. The fraction of sp³-hybridized carbons (Fsp3) is 0.357. The summed E-state index contributed by atoms with van der Waals surface area (Å²) in [6.07, 6.45) is 1.18. The maximum absolute atomic E-state index is 11.9. The molecule has 0 atom stereocenters. The molecule has 0 saturated carbocycles. The molecule has 1 aromatic carbocycles. The van der Waals surface area contributed by atoms with E-state index in [0.717, 1.165) is 5.56 Å². The predicted molar refractivity (Wildman–Crippen MR) is 79.4 cm³/mol. The van der Waals surface area contributed by atoms with Gasteiger partial charge in [-0.2, -0.15) is 0 Å². The normalized spacial score (nSPS) is 11.3. The fourth-order valence-electron chi connectivity index (χ4n) is 1.73. The lowest BCUT2D eigenvalue weighted by Gasteiger charge is -2.13. The molecule has 110 valence electrons. The quantitative estimate of drug-likeness (QED) is 0.745. The Morgan fingerprint density at radius 2 is 1.90 bits per heavy atom. The summed E-state index contributed by atoms with van der Waals surface area (Å²) in [4.78, 5) is 11.2. The summed E-state index contributed by atoms with van der Waals surface area (Å²) >= 11 is 0. The Kier molecular flexibility index (Phi) is 5.91. The maximum atomic E-state index is 11.9. The van der Waals surface area contributed by atoms with E-state index in [-0.39, 0.29) is 24.2 Å². The van der Waals surface area contributed by atoms with Crippen LogP contribution in [-0.2, 0) is 27.1 Å². The number of carbonyl (C=O) groups is 1. The van der Waals surface area contributed by atoms with Gasteiger partial charge in [-0.25, -0.2) is 13.1 Å². The zero-order valence-corrected chi connectivity index (χ0v) is 12.5. The topological polar surface area (TPSA) is 75.3 Å². The predicted octanol–water partition coefficient (Wildman–Crippen LogP) is 1.32. The number of hydrogen-bond acceptors (Lipinski definition) is 3. The van der Waals surface area contributed by atoms with Crippen molar-refractivity contribution in [2.45, 2.75) is 32.2 Å². The smallest absolute Gasteiger partial charge is 0.243 e. The Bertz CT molecular complexity index is 580. The van der Waals surface area contributed by atoms with Crippen molar-refractivity contribution < 1.29 is 13.2 Å². The highest BCUT2D eigenvalue weighted by atomic mass is 32.2. The van der Waals surface area contributed by atoms with E-state index in [9.17, 15) is 13.2 Å². The molecule has 0 saturated heterocycles. The molecule has 1 aromatic rings. The van der Waals surface area contributed by atoms with E-state index >= 15 is 0 Å². The molecular formula is C14H20N2O3S. The van der Waals surface area contributed by atoms with Crippen LogP contribution in [0.1, 0.15) is 25.0 Å². The number of amides is 1. The van der Waals surface area contributed by atoms with Gasteiger partial charge in [0.05, 0.1) is 5.75 Å². The monoisotopic (exact) mass is 296 g/mol. The second kappa shape index (κ2) is 7.21. The third-order valence-electron chi connectivity index (χ3n) is 2.52. The van der Waals surface area contributed by atoms with Crippen molar-refractivity contribution >= 4 is 15.9 Å². The third-order valence-corrected chi connectivity index (χ3v) is 4.04. The number of benzene rings is 1. The Hall–Kier alpha value is -1.66. The Morgan fingerprint density at radius 3 is 2.45 bits per heavy atom. The summed E-state index contributed by atoms with van der Waals surface area (Å²) in [7, 11) is -3.38. The summed E-state index contributed by atoms with van der Waals surface area (Å²) < 4.78 is 26.4. The Labute approximate surface area is 120 Å². The fourth-order valence-corrected chi connectivity index (χ4v) is 3.22. The van der Waals surface area contributed by atoms with Crippen molar-refractivity contribution in [1.82, 2.24) is 10.0 Å². The maximum Gasteiger partial charge on any atom is 0.243 e. The first kappa shape index (κ1) is 16.4. The number of hydrogen-bond donors (Lipinski definition) is 2. The van der Waals surface area contributed by atoms with Gasteiger partial charge in [-0.1, -0.05) is 30.8 Å². The first-order valence-electron chi connectivity index (χ1n) is 6.31. The van der Waals surface area contributed by atoms with Gasteiger partial charge in [0.2, 0.25) is 15.9 Å². The van der Waals surface area contributed by atoms with E-state index in [1.54, 1.807) is 38.1 Å². The van der Waals surface area contributed by atoms with E-state index in [1.807, 2.05) is 0 Å². The Balaban J connectivity index is 2.85. The molecule has 0 bridgehead atoms. The van der Waals surface area contributed by atoms with Crippen molar-refractivity contribution in [2.24, 2.45) is 0 Å². The zero-order valence-electron chi connectivity index (χ0n) is 11.7. The zero-order chi connectivity index (χ0) is 15.2. The molecule has 0 heterocycles. The molecule has 0 fully saturated rings. The van der Waals surface area contributed by atoms with Crippen LogP contribution in [0.25, 0.3) is 0 Å². The van der Waals surface area contributed by atoms with Crippen LogP contribution in [0.4, 0.5) is 0 Å². The van der Waals surface area contributed by atoms with Gasteiger partial charge >= 0.3 is 0 Å². The molecular weight excluding hydrogens is 276 g/mol. The van der Waals surface area contributed by atoms with Crippen LogP contribution in [-0.4, -0.2) is 20.4 Å². The molecule has 5 nitrogen and oxygen atoms in total. The lowest BCUT2D eigenvalue weighted by molar-refractivity contribution is -0.116. The van der Waals surface area contributed by atoms with Crippen LogP contribution < -0.4 is 10.0 Å². The van der Waals surface area contributed by atoms with E-state index in [2.05, 4.69) is 16.6 Å². The molecule has 0 aliphatic carbocycles. The van der Waals surface area contributed by atoms with E-state index in [4.69, 9.17) is 0 Å². The van der Waals surface area contributed by atoms with Crippen molar-refractivity contribution in [1.29, 1.82) is 0 Å². The number of sulfonamides is 1. The van der Waals surface area contributed by atoms with Crippen molar-refractivity contribution in [3.8, 4) is 0 Å². The lowest BCUT2D eigenvalue weighted by atomic mass is 10.1. The standard InChI is InChI=1S/C14H20N2O3S/c1-4-14(17)15-9-12-7-5-6-8-13(12)10-20(18,19)16-11(2)3/h4-8,11,16H,1,9-10H2,2-3H3,(H,15,17). The van der Waals surface area contributed by atoms with Gasteiger partial charge in [-0.3, -0.25) is 4.79 Å². The van der Waals surface area contributed by atoms with E-state index in [0.29, 0.717) is 5.56 Å². The molecule has 1 amide bonds. The Morgan fingerprint density at radius 1 is 1.30 bits per heavy atom. The summed E-state index contributed by atoms with van der Waals surface area (Å²) in [6.45, 7) is 7.19. The number of nitrogens with one attached hydrogen (secondary N) is 2. The highest BCUT2D eigenvalue weighted by Gasteiger charge is 2.15. The molecule has 2 N–H and O–H groups in total. The van der Waals surface area contributed by atoms with Crippen LogP contribution in [0, 0.1) is 0 Å². The molecule has 6 heteroatoms. The summed E-state index contributed by atoms with van der Waals surface area (Å²) in [6, 6.07) is 6.98. The lowest BCUT2D eigenvalue weighted by Crippen LogP contribution is -2.31. The van der Waals surface area contributed by atoms with Crippen LogP contribution in [0.2, 0.25) is 0 Å². The molecule has 0 aliphatic heterocycles. The number of rotatable bonds is 7. The van der Waals surface area contributed by atoms with Crippen molar-refractivity contribution in [3.05, 3.63) is 48.0 Å². The molecule has 0 radical (unpaired) electrons. The molecule has 0 aromatic heterocycles. The minimum Gasteiger partial charge on any atom is -0.348 e. The molecule has 1 rings (SSSR count). The first-order valence-corrected chi connectivity index (χ1v) is 7.96. The van der Waals surface area contributed by atoms with Gasteiger partial charge in [-0.05, 0) is 31.1 Å². The SMILES string of the molecule is C=CC(=O)NCc1ccccc1CS(=O)(=O)NC(C)C. The van der Waals surface area contributed by atoms with Gasteiger partial charge in [0.25, 0.3) is 0 Å². The first-order chi connectivity index (χ1) is 9.34. The highest BCUT2D eigenvalue weighted by Crippen LogP contribution is 2.12. The van der Waals surface area contributed by atoms with Gasteiger partial charge in [0.1, 0.15) is 0 Å². The highest BCUT2D eigenvalue weighted by molar-refractivity contribution is 7.88. The van der Waals surface area contributed by atoms with Gasteiger partial charge < -0.3 is 5.32 Å². The summed E-state index contributed by atoms with van der Waals surface area (Å²) in [5, 5.41) is 2.64. The minimum absolute atomic E-state index is 0.106. The van der Waals surface area contributed by atoms with Crippen molar-refractivity contribution in [2.75, 3.05) is 0 Å². The third kappa shape index (κ3) is 5.54. The van der Waals surface area contributed by atoms with Gasteiger partial charge in [0, 0.05) is 12.6 Å². The second-order valence-corrected chi connectivity index (χ2v) is 6.48. The summed E-state index contributed by atoms with van der Waals surface area (Å²) in [5.41, 5.74) is 1.45. The van der Waals surface area contributed by atoms with Crippen LogP contribution in [0.15, 0.2) is 36.9 Å². The van der Waals surface area contributed by atoms with E-state index < -0.39 is 10.0 Å². The summed E-state index contributed by atoms with van der Waals surface area (Å²) in [5.74, 6) is -0.395.